The van der Waals surface area contributed by atoms with Crippen LogP contribution in [0.1, 0.15) is 12.4 Å². The van der Waals surface area contributed by atoms with Crippen molar-refractivity contribution < 1.29 is 13.9 Å². The van der Waals surface area contributed by atoms with Gasteiger partial charge >= 0.3 is 6.55 Å². The molecule has 2 aromatic rings. The van der Waals surface area contributed by atoms with Crippen LogP contribution in [0.15, 0.2) is 41.7 Å². The molecule has 0 spiro atoms. The van der Waals surface area contributed by atoms with Crippen molar-refractivity contribution in [2.75, 3.05) is 38.1 Å². The molecule has 2 heterocycles. The van der Waals surface area contributed by atoms with E-state index in [-0.39, 0.29) is 18.1 Å². The van der Waals surface area contributed by atoms with Gasteiger partial charge in [0.2, 0.25) is 0 Å². The molecule has 3 rings (SSSR count). The van der Waals surface area contributed by atoms with Gasteiger partial charge in [0.15, 0.2) is 5.96 Å². The molecule has 1 fully saturated rings. The van der Waals surface area contributed by atoms with Crippen LogP contribution in [0.5, 0.6) is 5.75 Å². The summed E-state index contributed by atoms with van der Waals surface area (Å²) in [5, 5.41) is 13.1. The monoisotopic (exact) mass is 364 g/mol. The summed E-state index contributed by atoms with van der Waals surface area (Å²) in [4.78, 5) is 12.4. The molecule has 1 aromatic heterocycles. The lowest BCUT2D eigenvalue weighted by atomic mass is 10.2. The van der Waals surface area contributed by atoms with Gasteiger partial charge in [-0.1, -0.05) is 12.1 Å². The Balaban J connectivity index is 1.57. The van der Waals surface area contributed by atoms with Gasteiger partial charge in [0, 0.05) is 45.6 Å². The Morgan fingerprint density at radius 2 is 2.00 bits per heavy atom. The Kier molecular flexibility index (Phi) is 5.55. The number of phenolic OH excluding ortho intramolecular Hbond substituents is 1. The molecule has 0 aliphatic carbocycles. The average Bonchev–Trinajstić information content (AvgIpc) is 3.12. The molecule has 1 aromatic carbocycles. The van der Waals surface area contributed by atoms with Gasteiger partial charge in [-0.3, -0.25) is 9.56 Å². The molecule has 1 saturated heterocycles. The number of aromatic nitrogens is 2. The minimum Gasteiger partial charge on any atom is -0.506 e. The normalized spacial score (nSPS) is 15.6. The minimum absolute atomic E-state index is 0.170. The first kappa shape index (κ1) is 18.0. The lowest BCUT2D eigenvalue weighted by molar-refractivity contribution is 0.0668. The van der Waals surface area contributed by atoms with Crippen LogP contribution >= 0.6 is 0 Å². The lowest BCUT2D eigenvalue weighted by Crippen LogP contribution is -2.52. The van der Waals surface area contributed by atoms with Gasteiger partial charge in [-0.25, -0.2) is 4.98 Å². The molecular formula is C17H22F2N6O. The molecule has 140 valence electrons. The second-order valence-corrected chi connectivity index (χ2v) is 5.89. The highest BCUT2D eigenvalue weighted by molar-refractivity contribution is 5.80. The van der Waals surface area contributed by atoms with Crippen LogP contribution in [0.4, 0.5) is 14.5 Å². The molecule has 1 aliphatic heterocycles. The van der Waals surface area contributed by atoms with Crippen molar-refractivity contribution in [1.82, 2.24) is 19.8 Å². The Bertz CT molecular complexity index is 755. The standard InChI is InChI=1S/C17H22F2N6O/c1-20-17(22-12-15-21-6-7-25(15)16(18)19)24-10-8-23(9-11-24)13-4-2-3-5-14(13)26/h2-7,16,26H,8-12H2,1H3,(H,20,22). The number of nitrogens with zero attached hydrogens (tertiary/aromatic N) is 5. The second-order valence-electron chi connectivity index (χ2n) is 5.89. The zero-order valence-corrected chi connectivity index (χ0v) is 14.5. The van der Waals surface area contributed by atoms with Crippen LogP contribution in [0.25, 0.3) is 0 Å². The zero-order valence-electron chi connectivity index (χ0n) is 14.5. The fourth-order valence-corrected chi connectivity index (χ4v) is 3.04. The van der Waals surface area contributed by atoms with Crippen molar-refractivity contribution in [2.45, 2.75) is 13.1 Å². The summed E-state index contributed by atoms with van der Waals surface area (Å²) in [6.45, 7) is 0.421. The Morgan fingerprint density at radius 3 is 2.65 bits per heavy atom. The van der Waals surface area contributed by atoms with E-state index in [1.807, 2.05) is 12.1 Å². The SMILES string of the molecule is CN=C(NCc1nccn1C(F)F)N1CCN(c2ccccc2O)CC1. The molecule has 26 heavy (non-hydrogen) atoms. The average molecular weight is 364 g/mol. The van der Waals surface area contributed by atoms with Gasteiger partial charge < -0.3 is 20.2 Å². The van der Waals surface area contributed by atoms with E-state index in [2.05, 4.69) is 25.1 Å². The Labute approximate surface area is 150 Å². The summed E-state index contributed by atoms with van der Waals surface area (Å²) in [6.07, 6.45) is 2.62. The van der Waals surface area contributed by atoms with E-state index in [1.165, 1.54) is 12.4 Å². The first-order valence-corrected chi connectivity index (χ1v) is 8.38. The maximum absolute atomic E-state index is 12.9. The molecular weight excluding hydrogens is 342 g/mol. The quantitative estimate of drug-likeness (QED) is 0.640. The number of halogens is 2. The van der Waals surface area contributed by atoms with Crippen LogP contribution in [-0.4, -0.2) is 58.7 Å². The third-order valence-electron chi connectivity index (χ3n) is 4.38. The number of para-hydroxylation sites is 2. The molecule has 9 heteroatoms. The molecule has 0 bridgehead atoms. The molecule has 0 amide bonds. The largest absolute Gasteiger partial charge is 0.506 e. The number of guanidine groups is 1. The van der Waals surface area contributed by atoms with E-state index in [0.717, 1.165) is 23.3 Å². The first-order valence-electron chi connectivity index (χ1n) is 8.38. The fraction of sp³-hybridized carbons (Fsp3) is 0.412. The van der Waals surface area contributed by atoms with E-state index in [9.17, 15) is 13.9 Å². The number of benzene rings is 1. The van der Waals surface area contributed by atoms with Gasteiger partial charge in [0.25, 0.3) is 0 Å². The number of hydrogen-bond acceptors (Lipinski definition) is 4. The second kappa shape index (κ2) is 8.03. The molecule has 0 unspecified atom stereocenters. The lowest BCUT2D eigenvalue weighted by Gasteiger charge is -2.37. The smallest absolute Gasteiger partial charge is 0.319 e. The van der Waals surface area contributed by atoms with Crippen molar-refractivity contribution in [3.8, 4) is 5.75 Å². The molecule has 0 atom stereocenters. The van der Waals surface area contributed by atoms with Crippen LogP contribution in [0, 0.1) is 0 Å². The summed E-state index contributed by atoms with van der Waals surface area (Å²) >= 11 is 0. The van der Waals surface area contributed by atoms with E-state index in [0.29, 0.717) is 19.0 Å². The summed E-state index contributed by atoms with van der Waals surface area (Å²) in [5.74, 6) is 1.17. The predicted molar refractivity (Wildman–Crippen MR) is 95.6 cm³/mol. The van der Waals surface area contributed by atoms with Crippen molar-refractivity contribution in [2.24, 2.45) is 4.99 Å². The van der Waals surface area contributed by atoms with Crippen molar-refractivity contribution >= 4 is 11.6 Å². The third kappa shape index (κ3) is 3.87. The third-order valence-corrected chi connectivity index (χ3v) is 4.38. The predicted octanol–water partition coefficient (Wildman–Crippen LogP) is 1.88. The summed E-state index contributed by atoms with van der Waals surface area (Å²) in [6, 6.07) is 7.26. The van der Waals surface area contributed by atoms with Gasteiger partial charge in [0.1, 0.15) is 11.6 Å². The highest BCUT2D eigenvalue weighted by Gasteiger charge is 2.21. The number of piperazine rings is 1. The number of imidazole rings is 1. The van der Waals surface area contributed by atoms with Gasteiger partial charge in [-0.2, -0.15) is 8.78 Å². The van der Waals surface area contributed by atoms with Crippen LogP contribution in [0.2, 0.25) is 0 Å². The Morgan fingerprint density at radius 1 is 1.27 bits per heavy atom. The molecule has 2 N–H and O–H groups in total. The van der Waals surface area contributed by atoms with E-state index in [4.69, 9.17) is 0 Å². The van der Waals surface area contributed by atoms with E-state index >= 15 is 0 Å². The number of hydrogen-bond donors (Lipinski definition) is 2. The zero-order chi connectivity index (χ0) is 18.5. The summed E-state index contributed by atoms with van der Waals surface area (Å²) < 4.78 is 26.6. The maximum atomic E-state index is 12.9. The number of nitrogens with one attached hydrogen (secondary N) is 1. The van der Waals surface area contributed by atoms with Crippen molar-refractivity contribution in [1.29, 1.82) is 0 Å². The van der Waals surface area contributed by atoms with Gasteiger partial charge in [0.05, 0.1) is 12.2 Å². The molecule has 0 saturated carbocycles. The number of phenols is 1. The molecule has 0 radical (unpaired) electrons. The van der Waals surface area contributed by atoms with Crippen LogP contribution in [-0.2, 0) is 6.54 Å². The first-order chi connectivity index (χ1) is 12.6. The maximum Gasteiger partial charge on any atom is 0.319 e. The van der Waals surface area contributed by atoms with Crippen molar-refractivity contribution in [3.05, 3.63) is 42.5 Å². The number of rotatable bonds is 4. The summed E-state index contributed by atoms with van der Waals surface area (Å²) in [5.41, 5.74) is 0.814. The summed E-state index contributed by atoms with van der Waals surface area (Å²) in [7, 11) is 1.66. The minimum atomic E-state index is -2.61. The number of aromatic hydroxyl groups is 1. The topological polar surface area (TPSA) is 68.9 Å². The molecule has 7 nitrogen and oxygen atoms in total. The van der Waals surface area contributed by atoms with E-state index in [1.54, 1.807) is 19.2 Å². The van der Waals surface area contributed by atoms with Gasteiger partial charge in [-0.05, 0) is 12.1 Å². The van der Waals surface area contributed by atoms with Gasteiger partial charge in [-0.15, -0.1) is 0 Å². The van der Waals surface area contributed by atoms with E-state index < -0.39 is 6.55 Å². The van der Waals surface area contributed by atoms with Crippen LogP contribution in [0.3, 0.4) is 0 Å². The number of aliphatic imine (C=N–C) groups is 1. The molecule has 1 aliphatic rings. The number of anilines is 1. The Hall–Kier alpha value is -2.84. The highest BCUT2D eigenvalue weighted by atomic mass is 19.3. The number of alkyl halides is 2. The highest BCUT2D eigenvalue weighted by Crippen LogP contribution is 2.27. The van der Waals surface area contributed by atoms with Crippen molar-refractivity contribution in [3.63, 3.8) is 0 Å². The fourth-order valence-electron chi connectivity index (χ4n) is 3.04. The van der Waals surface area contributed by atoms with Crippen LogP contribution < -0.4 is 10.2 Å².